The summed E-state index contributed by atoms with van der Waals surface area (Å²) in [6.45, 7) is 2.93. The molecule has 2 heterocycles. The summed E-state index contributed by atoms with van der Waals surface area (Å²) in [4.78, 5) is 28.7. The van der Waals surface area contributed by atoms with Crippen LogP contribution in [0.4, 0.5) is 5.69 Å². The summed E-state index contributed by atoms with van der Waals surface area (Å²) in [5.41, 5.74) is 1.25. The van der Waals surface area contributed by atoms with Gasteiger partial charge in [-0.3, -0.25) is 9.59 Å². The first-order valence-electron chi connectivity index (χ1n) is 7.53. The minimum absolute atomic E-state index is 0.0710. The van der Waals surface area contributed by atoms with E-state index < -0.39 is 12.1 Å². The Labute approximate surface area is 124 Å². The number of hydrogen-bond acceptors (Lipinski definition) is 3. The van der Waals surface area contributed by atoms with E-state index in [9.17, 15) is 14.7 Å². The van der Waals surface area contributed by atoms with Crippen molar-refractivity contribution in [1.29, 1.82) is 0 Å². The lowest BCUT2D eigenvalue weighted by atomic mass is 10.1. The first kappa shape index (κ1) is 14.1. The molecule has 1 saturated heterocycles. The van der Waals surface area contributed by atoms with Crippen molar-refractivity contribution in [2.75, 3.05) is 18.0 Å². The molecule has 1 fully saturated rings. The molecule has 112 valence electrons. The maximum atomic E-state index is 12.8. The summed E-state index contributed by atoms with van der Waals surface area (Å²) in [5, 5.41) is 9.83. The van der Waals surface area contributed by atoms with E-state index in [1.165, 1.54) is 4.90 Å². The van der Waals surface area contributed by atoms with Gasteiger partial charge < -0.3 is 14.9 Å². The molecule has 0 unspecified atom stereocenters. The maximum absolute atomic E-state index is 12.8. The molecule has 0 bridgehead atoms. The molecule has 0 spiro atoms. The number of aliphatic hydroxyl groups excluding tert-OH is 1. The Hall–Kier alpha value is -1.88. The molecule has 0 saturated carbocycles. The molecular formula is C16H20N2O3. The highest BCUT2D eigenvalue weighted by molar-refractivity contribution is 6.11. The third-order valence-corrected chi connectivity index (χ3v) is 4.25. The van der Waals surface area contributed by atoms with Gasteiger partial charge >= 0.3 is 0 Å². The van der Waals surface area contributed by atoms with Gasteiger partial charge in [-0.15, -0.1) is 0 Å². The SMILES string of the molecule is CCCCN1C(=O)[C@@H]2C[C@@H](O)CN2C(=O)c2ccccc21. The van der Waals surface area contributed by atoms with Crippen molar-refractivity contribution in [3.8, 4) is 0 Å². The number of fused-ring (bicyclic) bond motifs is 2. The van der Waals surface area contributed by atoms with E-state index in [1.54, 1.807) is 11.0 Å². The van der Waals surface area contributed by atoms with Gasteiger partial charge in [-0.1, -0.05) is 25.5 Å². The van der Waals surface area contributed by atoms with Gasteiger partial charge in [0.1, 0.15) is 6.04 Å². The molecule has 5 nitrogen and oxygen atoms in total. The van der Waals surface area contributed by atoms with E-state index in [0.717, 1.165) is 12.8 Å². The van der Waals surface area contributed by atoms with Crippen molar-refractivity contribution in [2.45, 2.75) is 38.3 Å². The number of aliphatic hydroxyl groups is 1. The van der Waals surface area contributed by atoms with Gasteiger partial charge in [0.15, 0.2) is 0 Å². The molecule has 2 atom stereocenters. The van der Waals surface area contributed by atoms with Crippen LogP contribution in [0.1, 0.15) is 36.5 Å². The van der Waals surface area contributed by atoms with Gasteiger partial charge in [-0.2, -0.15) is 0 Å². The zero-order valence-electron chi connectivity index (χ0n) is 12.2. The second-order valence-corrected chi connectivity index (χ2v) is 5.72. The number of carbonyl (C=O) groups is 2. The smallest absolute Gasteiger partial charge is 0.256 e. The van der Waals surface area contributed by atoms with Gasteiger partial charge in [-0.05, 0) is 18.6 Å². The number of hydrogen-bond donors (Lipinski definition) is 1. The number of nitrogens with zero attached hydrogens (tertiary/aromatic N) is 2. The zero-order chi connectivity index (χ0) is 15.0. The van der Waals surface area contributed by atoms with Crippen LogP contribution in [0.15, 0.2) is 24.3 Å². The van der Waals surface area contributed by atoms with Gasteiger partial charge in [0, 0.05) is 19.5 Å². The summed E-state index contributed by atoms with van der Waals surface area (Å²) >= 11 is 0. The van der Waals surface area contributed by atoms with Crippen LogP contribution in [0.3, 0.4) is 0 Å². The monoisotopic (exact) mass is 288 g/mol. The molecule has 21 heavy (non-hydrogen) atoms. The Morgan fingerprint density at radius 1 is 1.29 bits per heavy atom. The predicted molar refractivity (Wildman–Crippen MR) is 79.2 cm³/mol. The maximum Gasteiger partial charge on any atom is 0.256 e. The van der Waals surface area contributed by atoms with Crippen LogP contribution < -0.4 is 4.90 Å². The van der Waals surface area contributed by atoms with Crippen molar-refractivity contribution in [3.05, 3.63) is 29.8 Å². The van der Waals surface area contributed by atoms with Crippen LogP contribution in [0.5, 0.6) is 0 Å². The van der Waals surface area contributed by atoms with E-state index in [4.69, 9.17) is 0 Å². The third-order valence-electron chi connectivity index (χ3n) is 4.25. The summed E-state index contributed by atoms with van der Waals surface area (Å²) < 4.78 is 0. The molecule has 1 aromatic rings. The van der Waals surface area contributed by atoms with Gasteiger partial charge in [0.25, 0.3) is 5.91 Å². The summed E-state index contributed by atoms with van der Waals surface area (Å²) in [6.07, 6.45) is 1.60. The van der Waals surface area contributed by atoms with Crippen LogP contribution >= 0.6 is 0 Å². The second kappa shape index (κ2) is 5.48. The highest BCUT2D eigenvalue weighted by atomic mass is 16.3. The van der Waals surface area contributed by atoms with Crippen LogP contribution in [0, 0.1) is 0 Å². The Morgan fingerprint density at radius 3 is 2.81 bits per heavy atom. The van der Waals surface area contributed by atoms with E-state index in [0.29, 0.717) is 24.2 Å². The standard InChI is InChI=1S/C16H20N2O3/c1-2-3-8-17-13-7-5-4-6-12(13)15(20)18-10-11(19)9-14(18)16(17)21/h4-7,11,14,19H,2-3,8-10H2,1H3/t11-,14+/m1/s1. The molecule has 1 aromatic carbocycles. The zero-order valence-corrected chi connectivity index (χ0v) is 12.2. The lowest BCUT2D eigenvalue weighted by Crippen LogP contribution is -2.45. The molecule has 2 aliphatic heterocycles. The average Bonchev–Trinajstić information content (AvgIpc) is 2.86. The minimum Gasteiger partial charge on any atom is -0.391 e. The molecule has 0 radical (unpaired) electrons. The fraction of sp³-hybridized carbons (Fsp3) is 0.500. The first-order chi connectivity index (χ1) is 10.1. The van der Waals surface area contributed by atoms with Crippen molar-refractivity contribution in [3.63, 3.8) is 0 Å². The summed E-state index contributed by atoms with van der Waals surface area (Å²) in [6, 6.07) is 6.73. The normalized spacial score (nSPS) is 24.9. The lowest BCUT2D eigenvalue weighted by molar-refractivity contribution is -0.122. The number of amides is 2. The van der Waals surface area contributed by atoms with Crippen molar-refractivity contribution in [2.24, 2.45) is 0 Å². The fourth-order valence-corrected chi connectivity index (χ4v) is 3.16. The van der Waals surface area contributed by atoms with Crippen LogP contribution in [0.2, 0.25) is 0 Å². The molecule has 5 heteroatoms. The average molecular weight is 288 g/mol. The fourth-order valence-electron chi connectivity index (χ4n) is 3.16. The van der Waals surface area contributed by atoms with Crippen molar-refractivity contribution >= 4 is 17.5 Å². The predicted octanol–water partition coefficient (Wildman–Crippen LogP) is 1.41. The molecule has 1 N–H and O–H groups in total. The van der Waals surface area contributed by atoms with Gasteiger partial charge in [0.05, 0.1) is 17.4 Å². The largest absolute Gasteiger partial charge is 0.391 e. The molecule has 0 aliphatic carbocycles. The van der Waals surface area contributed by atoms with E-state index >= 15 is 0 Å². The Bertz CT molecular complexity index is 572. The van der Waals surface area contributed by atoms with Crippen molar-refractivity contribution < 1.29 is 14.7 Å². The molecular weight excluding hydrogens is 268 g/mol. The van der Waals surface area contributed by atoms with Gasteiger partial charge in [-0.25, -0.2) is 0 Å². The number of rotatable bonds is 3. The number of anilines is 1. The van der Waals surface area contributed by atoms with E-state index in [-0.39, 0.29) is 18.4 Å². The van der Waals surface area contributed by atoms with Crippen LogP contribution in [0.25, 0.3) is 0 Å². The Balaban J connectivity index is 2.06. The van der Waals surface area contributed by atoms with E-state index in [2.05, 4.69) is 6.92 Å². The molecule has 0 aromatic heterocycles. The van der Waals surface area contributed by atoms with Crippen LogP contribution in [-0.2, 0) is 4.79 Å². The molecule has 2 aliphatic rings. The second-order valence-electron chi connectivity index (χ2n) is 5.72. The summed E-state index contributed by atoms with van der Waals surface area (Å²) in [7, 11) is 0. The number of para-hydroxylation sites is 1. The minimum atomic E-state index is -0.610. The lowest BCUT2D eigenvalue weighted by Gasteiger charge is -2.25. The Morgan fingerprint density at radius 2 is 2.05 bits per heavy atom. The topological polar surface area (TPSA) is 60.9 Å². The van der Waals surface area contributed by atoms with Crippen molar-refractivity contribution in [1.82, 2.24) is 4.90 Å². The number of benzene rings is 1. The molecule has 3 rings (SSSR count). The Kier molecular flexibility index (Phi) is 3.68. The van der Waals surface area contributed by atoms with Gasteiger partial charge in [0.2, 0.25) is 5.91 Å². The quantitative estimate of drug-likeness (QED) is 0.915. The number of unbranched alkanes of at least 4 members (excludes halogenated alkanes) is 1. The van der Waals surface area contributed by atoms with Crippen LogP contribution in [-0.4, -0.2) is 47.1 Å². The first-order valence-corrected chi connectivity index (χ1v) is 7.53. The van der Waals surface area contributed by atoms with E-state index in [1.807, 2.05) is 18.2 Å². The number of carbonyl (C=O) groups excluding carboxylic acids is 2. The molecule has 2 amide bonds. The third kappa shape index (κ3) is 2.31. The highest BCUT2D eigenvalue weighted by Crippen LogP contribution is 2.32. The highest BCUT2D eigenvalue weighted by Gasteiger charge is 2.44. The summed E-state index contributed by atoms with van der Waals surface area (Å²) in [5.74, 6) is -0.224.